The number of hydrogen-bond donors (Lipinski definition) is 0. The summed E-state index contributed by atoms with van der Waals surface area (Å²) in [4.78, 5) is 4.25. The van der Waals surface area contributed by atoms with E-state index in [4.69, 9.17) is 10.00 Å². The van der Waals surface area contributed by atoms with Crippen molar-refractivity contribution in [2.24, 2.45) is 0 Å². The third kappa shape index (κ3) is 1.40. The van der Waals surface area contributed by atoms with Gasteiger partial charge in [-0.15, -0.1) is 0 Å². The highest BCUT2D eigenvalue weighted by Crippen LogP contribution is 2.28. The van der Waals surface area contributed by atoms with Gasteiger partial charge in [0.15, 0.2) is 5.75 Å². The minimum Gasteiger partial charge on any atom is -0.493 e. The molecule has 3 heteroatoms. The number of ether oxygens (including phenoxy) is 1. The van der Waals surface area contributed by atoms with Crippen molar-refractivity contribution in [3.05, 3.63) is 35.5 Å². The van der Waals surface area contributed by atoms with Crippen LogP contribution in [0.1, 0.15) is 11.1 Å². The molecule has 0 bridgehead atoms. The topological polar surface area (TPSA) is 45.9 Å². The van der Waals surface area contributed by atoms with E-state index in [-0.39, 0.29) is 0 Å². The number of fused-ring (bicyclic) bond motifs is 1. The van der Waals surface area contributed by atoms with Gasteiger partial charge in [0.25, 0.3) is 0 Å². The van der Waals surface area contributed by atoms with E-state index in [1.54, 1.807) is 19.4 Å². The lowest BCUT2D eigenvalue weighted by Gasteiger charge is -2.07. The van der Waals surface area contributed by atoms with Crippen molar-refractivity contribution in [2.45, 2.75) is 6.92 Å². The van der Waals surface area contributed by atoms with Gasteiger partial charge >= 0.3 is 0 Å². The molecule has 0 aliphatic heterocycles. The SMILES string of the molecule is COc1c(C#N)ccc2c(C)ccnc12. The maximum atomic E-state index is 8.92. The second-order valence-electron chi connectivity index (χ2n) is 3.28. The molecule has 1 aromatic carbocycles. The monoisotopic (exact) mass is 198 g/mol. The highest BCUT2D eigenvalue weighted by molar-refractivity contribution is 5.89. The molecule has 0 aliphatic carbocycles. The van der Waals surface area contributed by atoms with Gasteiger partial charge in [-0.2, -0.15) is 5.26 Å². The van der Waals surface area contributed by atoms with Gasteiger partial charge in [-0.25, -0.2) is 0 Å². The van der Waals surface area contributed by atoms with Crippen LogP contribution in [-0.4, -0.2) is 12.1 Å². The lowest BCUT2D eigenvalue weighted by molar-refractivity contribution is 0.417. The molecule has 0 fully saturated rings. The highest BCUT2D eigenvalue weighted by atomic mass is 16.5. The standard InChI is InChI=1S/C12H10N2O/c1-8-5-6-14-11-10(8)4-3-9(7-13)12(11)15-2/h3-6H,1-2H3. The summed E-state index contributed by atoms with van der Waals surface area (Å²) in [5, 5.41) is 9.94. The molecule has 2 aromatic rings. The van der Waals surface area contributed by atoms with Crippen molar-refractivity contribution in [2.75, 3.05) is 7.11 Å². The Morgan fingerprint density at radius 1 is 1.33 bits per heavy atom. The van der Waals surface area contributed by atoms with E-state index in [0.717, 1.165) is 16.5 Å². The Morgan fingerprint density at radius 3 is 2.80 bits per heavy atom. The number of nitrogens with zero attached hydrogens (tertiary/aromatic N) is 2. The van der Waals surface area contributed by atoms with Crippen LogP contribution in [0.3, 0.4) is 0 Å². The zero-order valence-corrected chi connectivity index (χ0v) is 8.61. The zero-order valence-electron chi connectivity index (χ0n) is 8.61. The molecule has 0 radical (unpaired) electrons. The van der Waals surface area contributed by atoms with Crippen LogP contribution in [0.5, 0.6) is 5.75 Å². The van der Waals surface area contributed by atoms with Gasteiger partial charge in [-0.1, -0.05) is 6.07 Å². The Balaban J connectivity index is 2.90. The summed E-state index contributed by atoms with van der Waals surface area (Å²) in [5.41, 5.74) is 2.39. The third-order valence-electron chi connectivity index (χ3n) is 2.41. The molecule has 0 saturated heterocycles. The lowest BCUT2D eigenvalue weighted by Crippen LogP contribution is -1.92. The summed E-state index contributed by atoms with van der Waals surface area (Å²) in [6, 6.07) is 7.69. The third-order valence-corrected chi connectivity index (χ3v) is 2.41. The Kier molecular flexibility index (Phi) is 2.26. The molecular weight excluding hydrogens is 188 g/mol. The largest absolute Gasteiger partial charge is 0.493 e. The number of pyridine rings is 1. The summed E-state index contributed by atoms with van der Waals surface area (Å²) in [5.74, 6) is 0.554. The van der Waals surface area contributed by atoms with E-state index < -0.39 is 0 Å². The second kappa shape index (κ2) is 3.58. The van der Waals surface area contributed by atoms with Crippen molar-refractivity contribution in [1.82, 2.24) is 4.98 Å². The Hall–Kier alpha value is -2.08. The maximum absolute atomic E-state index is 8.92. The summed E-state index contributed by atoms with van der Waals surface area (Å²) >= 11 is 0. The first-order chi connectivity index (χ1) is 7.27. The van der Waals surface area contributed by atoms with E-state index in [1.807, 2.05) is 19.1 Å². The summed E-state index contributed by atoms with van der Waals surface area (Å²) in [6.45, 7) is 2.01. The normalized spacial score (nSPS) is 9.93. The predicted octanol–water partition coefficient (Wildman–Crippen LogP) is 2.42. The number of hydrogen-bond acceptors (Lipinski definition) is 3. The molecule has 0 amide bonds. The van der Waals surface area contributed by atoms with Crippen LogP contribution < -0.4 is 4.74 Å². The first-order valence-electron chi connectivity index (χ1n) is 4.60. The average molecular weight is 198 g/mol. The minimum absolute atomic E-state index is 0.517. The van der Waals surface area contributed by atoms with Crippen LogP contribution in [0.25, 0.3) is 10.9 Å². The van der Waals surface area contributed by atoms with Gasteiger partial charge in [0.2, 0.25) is 0 Å². The molecule has 2 rings (SSSR count). The fourth-order valence-electron chi connectivity index (χ4n) is 1.63. The fourth-order valence-corrected chi connectivity index (χ4v) is 1.63. The lowest BCUT2D eigenvalue weighted by atomic mass is 10.1. The number of aryl methyl sites for hydroxylation is 1. The zero-order chi connectivity index (χ0) is 10.8. The molecule has 74 valence electrons. The van der Waals surface area contributed by atoms with Crippen LogP contribution in [-0.2, 0) is 0 Å². The Labute approximate surface area is 87.9 Å². The van der Waals surface area contributed by atoms with Gasteiger partial charge in [0.05, 0.1) is 12.7 Å². The van der Waals surface area contributed by atoms with Crippen molar-refractivity contribution in [1.29, 1.82) is 5.26 Å². The first-order valence-corrected chi connectivity index (χ1v) is 4.60. The highest BCUT2D eigenvalue weighted by Gasteiger charge is 2.09. The van der Waals surface area contributed by atoms with E-state index >= 15 is 0 Å². The fraction of sp³-hybridized carbons (Fsp3) is 0.167. The molecule has 0 atom stereocenters. The van der Waals surface area contributed by atoms with Crippen molar-refractivity contribution < 1.29 is 4.74 Å². The van der Waals surface area contributed by atoms with Crippen LogP contribution in [0, 0.1) is 18.3 Å². The molecule has 1 aromatic heterocycles. The van der Waals surface area contributed by atoms with Crippen LogP contribution in [0.15, 0.2) is 24.4 Å². The molecule has 1 heterocycles. The number of methoxy groups -OCH3 is 1. The van der Waals surface area contributed by atoms with Gasteiger partial charge < -0.3 is 4.74 Å². The second-order valence-corrected chi connectivity index (χ2v) is 3.28. The van der Waals surface area contributed by atoms with Crippen LogP contribution >= 0.6 is 0 Å². The van der Waals surface area contributed by atoms with Gasteiger partial charge in [0.1, 0.15) is 11.6 Å². The molecule has 0 N–H and O–H groups in total. The molecule has 0 aliphatic rings. The summed E-state index contributed by atoms with van der Waals surface area (Å²) in [6.07, 6.45) is 1.72. The van der Waals surface area contributed by atoms with E-state index in [1.165, 1.54) is 0 Å². The van der Waals surface area contributed by atoms with Gasteiger partial charge in [0, 0.05) is 11.6 Å². The summed E-state index contributed by atoms with van der Waals surface area (Å²) < 4.78 is 5.22. The number of nitriles is 1. The molecule has 15 heavy (non-hydrogen) atoms. The van der Waals surface area contributed by atoms with Gasteiger partial charge in [-0.05, 0) is 24.6 Å². The average Bonchev–Trinajstić information content (AvgIpc) is 2.28. The maximum Gasteiger partial charge on any atom is 0.162 e. The number of aromatic nitrogens is 1. The molecule has 0 unspecified atom stereocenters. The molecule has 0 spiro atoms. The number of rotatable bonds is 1. The minimum atomic E-state index is 0.517. The molecule has 0 saturated carbocycles. The molecular formula is C12H10N2O. The first kappa shape index (κ1) is 9.47. The number of benzene rings is 1. The van der Waals surface area contributed by atoms with Gasteiger partial charge in [-0.3, -0.25) is 4.98 Å². The quantitative estimate of drug-likeness (QED) is 0.706. The van der Waals surface area contributed by atoms with Crippen LogP contribution in [0.2, 0.25) is 0 Å². The summed E-state index contributed by atoms with van der Waals surface area (Å²) in [7, 11) is 1.56. The van der Waals surface area contributed by atoms with Crippen LogP contribution in [0.4, 0.5) is 0 Å². The van der Waals surface area contributed by atoms with E-state index in [9.17, 15) is 0 Å². The molecule has 3 nitrogen and oxygen atoms in total. The smallest absolute Gasteiger partial charge is 0.162 e. The predicted molar refractivity (Wildman–Crippen MR) is 57.7 cm³/mol. The van der Waals surface area contributed by atoms with Crippen molar-refractivity contribution >= 4 is 10.9 Å². The van der Waals surface area contributed by atoms with E-state index in [0.29, 0.717) is 11.3 Å². The van der Waals surface area contributed by atoms with Crippen molar-refractivity contribution in [3.63, 3.8) is 0 Å². The van der Waals surface area contributed by atoms with Crippen molar-refractivity contribution in [3.8, 4) is 11.8 Å². The Morgan fingerprint density at radius 2 is 2.13 bits per heavy atom. The Bertz CT molecular complexity index is 555. The van der Waals surface area contributed by atoms with E-state index in [2.05, 4.69) is 11.1 Å².